The van der Waals surface area contributed by atoms with E-state index >= 15 is 0 Å². The fraction of sp³-hybridized carbons (Fsp3) is 0.267. The van der Waals surface area contributed by atoms with Crippen LogP contribution >= 0.6 is 15.9 Å². The maximum atomic E-state index is 11.3. The van der Waals surface area contributed by atoms with Crippen molar-refractivity contribution in [3.8, 4) is 0 Å². The summed E-state index contributed by atoms with van der Waals surface area (Å²) in [4.78, 5) is 11.3. The smallest absolute Gasteiger partial charge is 0.341 e. The van der Waals surface area contributed by atoms with Gasteiger partial charge in [0.15, 0.2) is 0 Å². The molecular formula is C15H16BrNO3. The van der Waals surface area contributed by atoms with Crippen molar-refractivity contribution in [2.24, 2.45) is 0 Å². The lowest BCUT2D eigenvalue weighted by Gasteiger charge is -2.14. The van der Waals surface area contributed by atoms with Gasteiger partial charge in [0, 0.05) is 10.5 Å². The molecule has 0 bridgehead atoms. The highest BCUT2D eigenvalue weighted by atomic mass is 79.9. The first kappa shape index (κ1) is 14.8. The number of esters is 1. The fourth-order valence-electron chi connectivity index (χ4n) is 1.89. The number of hydrogen-bond donors (Lipinski definition) is 1. The van der Waals surface area contributed by atoms with Crippen LogP contribution in [0.25, 0.3) is 0 Å². The molecule has 0 radical (unpaired) electrons. The molecule has 0 fully saturated rings. The normalized spacial score (nSPS) is 12.2. The van der Waals surface area contributed by atoms with Crippen molar-refractivity contribution in [3.63, 3.8) is 0 Å². The van der Waals surface area contributed by atoms with Crippen LogP contribution in [0.2, 0.25) is 0 Å². The number of carbonyl (C=O) groups excluding carboxylic acids is 1. The van der Waals surface area contributed by atoms with Gasteiger partial charge in [-0.25, -0.2) is 4.79 Å². The molecular weight excluding hydrogens is 322 g/mol. The third-order valence-corrected chi connectivity index (χ3v) is 3.75. The molecule has 2 aromatic rings. The molecule has 2 rings (SSSR count). The molecule has 1 N–H and O–H groups in total. The lowest BCUT2D eigenvalue weighted by molar-refractivity contribution is 0.0600. The van der Waals surface area contributed by atoms with E-state index in [1.54, 1.807) is 6.07 Å². The third-order valence-electron chi connectivity index (χ3n) is 3.03. The Hall–Kier alpha value is -1.59. The summed E-state index contributed by atoms with van der Waals surface area (Å²) in [6, 6.07) is 9.90. The zero-order valence-electron chi connectivity index (χ0n) is 11.4. The van der Waals surface area contributed by atoms with Gasteiger partial charge in [0.25, 0.3) is 0 Å². The van der Waals surface area contributed by atoms with Crippen LogP contribution in [0, 0.1) is 0 Å². The summed E-state index contributed by atoms with van der Waals surface area (Å²) in [7, 11) is 1.35. The van der Waals surface area contributed by atoms with Gasteiger partial charge in [0.05, 0.1) is 19.2 Å². The van der Waals surface area contributed by atoms with Crippen molar-refractivity contribution < 1.29 is 13.9 Å². The minimum absolute atomic E-state index is 0.164. The SMILES string of the molecule is COC(=O)c1coc(CN[C@@H](C)c2ccccc2Br)c1. The summed E-state index contributed by atoms with van der Waals surface area (Å²) < 4.78 is 11.0. The van der Waals surface area contributed by atoms with E-state index in [1.807, 2.05) is 18.2 Å². The second kappa shape index (κ2) is 6.72. The number of ether oxygens (including phenoxy) is 1. The van der Waals surface area contributed by atoms with Crippen molar-refractivity contribution in [2.75, 3.05) is 7.11 Å². The lowest BCUT2D eigenvalue weighted by atomic mass is 10.1. The zero-order chi connectivity index (χ0) is 14.5. The molecule has 1 atom stereocenters. The van der Waals surface area contributed by atoms with Crippen LogP contribution in [0.5, 0.6) is 0 Å². The quantitative estimate of drug-likeness (QED) is 0.845. The van der Waals surface area contributed by atoms with Crippen LogP contribution in [0.4, 0.5) is 0 Å². The van der Waals surface area contributed by atoms with E-state index in [-0.39, 0.29) is 12.0 Å². The molecule has 20 heavy (non-hydrogen) atoms. The average Bonchev–Trinajstić information content (AvgIpc) is 2.93. The minimum Gasteiger partial charge on any atom is -0.467 e. The van der Waals surface area contributed by atoms with Crippen molar-refractivity contribution in [1.29, 1.82) is 0 Å². The van der Waals surface area contributed by atoms with Gasteiger partial charge >= 0.3 is 5.97 Å². The molecule has 0 aliphatic heterocycles. The largest absolute Gasteiger partial charge is 0.467 e. The second-order valence-electron chi connectivity index (χ2n) is 4.42. The number of carbonyl (C=O) groups is 1. The number of nitrogens with one attached hydrogen (secondary N) is 1. The molecule has 5 heteroatoms. The summed E-state index contributed by atoms with van der Waals surface area (Å²) in [6.45, 7) is 2.61. The highest BCUT2D eigenvalue weighted by Crippen LogP contribution is 2.23. The summed E-state index contributed by atoms with van der Waals surface area (Å²) in [6.07, 6.45) is 1.41. The highest BCUT2D eigenvalue weighted by molar-refractivity contribution is 9.10. The van der Waals surface area contributed by atoms with E-state index in [1.165, 1.54) is 18.9 Å². The number of benzene rings is 1. The average molecular weight is 338 g/mol. The topological polar surface area (TPSA) is 51.5 Å². The highest BCUT2D eigenvalue weighted by Gasteiger charge is 2.12. The van der Waals surface area contributed by atoms with Gasteiger partial charge in [-0.1, -0.05) is 34.1 Å². The molecule has 0 unspecified atom stereocenters. The Morgan fingerprint density at radius 2 is 2.20 bits per heavy atom. The Balaban J connectivity index is 1.97. The molecule has 0 aliphatic carbocycles. The van der Waals surface area contributed by atoms with E-state index in [2.05, 4.69) is 39.0 Å². The number of rotatable bonds is 5. The van der Waals surface area contributed by atoms with Gasteiger partial charge in [0.2, 0.25) is 0 Å². The van der Waals surface area contributed by atoms with Gasteiger partial charge in [-0.05, 0) is 24.6 Å². The molecule has 4 nitrogen and oxygen atoms in total. The molecule has 1 aromatic carbocycles. The third kappa shape index (κ3) is 3.49. The summed E-state index contributed by atoms with van der Waals surface area (Å²) in [5.74, 6) is 0.308. The summed E-state index contributed by atoms with van der Waals surface area (Å²) >= 11 is 3.53. The van der Waals surface area contributed by atoms with Crippen LogP contribution in [0.1, 0.15) is 34.6 Å². The Morgan fingerprint density at radius 1 is 1.45 bits per heavy atom. The predicted octanol–water partition coefficient (Wildman–Crippen LogP) is 3.68. The van der Waals surface area contributed by atoms with Gasteiger partial charge in [-0.15, -0.1) is 0 Å². The molecule has 0 saturated heterocycles. The maximum Gasteiger partial charge on any atom is 0.341 e. The van der Waals surface area contributed by atoms with E-state index in [0.29, 0.717) is 17.9 Å². The minimum atomic E-state index is -0.390. The second-order valence-corrected chi connectivity index (χ2v) is 5.27. The molecule has 0 aliphatic rings. The lowest BCUT2D eigenvalue weighted by Crippen LogP contribution is -2.18. The maximum absolute atomic E-state index is 11.3. The van der Waals surface area contributed by atoms with Crippen LogP contribution in [0.3, 0.4) is 0 Å². The van der Waals surface area contributed by atoms with Gasteiger partial charge < -0.3 is 14.5 Å². The molecule has 106 valence electrons. The Labute approximate surface area is 126 Å². The van der Waals surface area contributed by atoms with Gasteiger partial charge in [-0.2, -0.15) is 0 Å². The van der Waals surface area contributed by atoms with Crippen LogP contribution < -0.4 is 5.32 Å². The van der Waals surface area contributed by atoms with Gasteiger partial charge in [-0.3, -0.25) is 0 Å². The van der Waals surface area contributed by atoms with E-state index in [4.69, 9.17) is 4.42 Å². The van der Waals surface area contributed by atoms with E-state index < -0.39 is 0 Å². The number of furan rings is 1. The number of hydrogen-bond acceptors (Lipinski definition) is 4. The Bertz CT molecular complexity index is 594. The van der Waals surface area contributed by atoms with Crippen molar-refractivity contribution in [2.45, 2.75) is 19.5 Å². The summed E-state index contributed by atoms with van der Waals surface area (Å²) in [5.41, 5.74) is 1.60. The number of halogens is 1. The molecule has 0 spiro atoms. The fourth-order valence-corrected chi connectivity index (χ4v) is 2.52. The zero-order valence-corrected chi connectivity index (χ0v) is 12.9. The molecule has 1 aromatic heterocycles. The summed E-state index contributed by atoms with van der Waals surface area (Å²) in [5, 5.41) is 3.35. The van der Waals surface area contributed by atoms with Crippen LogP contribution in [-0.2, 0) is 11.3 Å². The van der Waals surface area contributed by atoms with Crippen LogP contribution in [0.15, 0.2) is 45.5 Å². The first-order chi connectivity index (χ1) is 9.61. The molecule has 0 saturated carbocycles. The van der Waals surface area contributed by atoms with Gasteiger partial charge in [0.1, 0.15) is 12.0 Å². The molecule has 1 heterocycles. The molecule has 0 amide bonds. The van der Waals surface area contributed by atoms with Crippen LogP contribution in [-0.4, -0.2) is 13.1 Å². The van der Waals surface area contributed by atoms with Crippen molar-refractivity contribution in [3.05, 3.63) is 58.0 Å². The first-order valence-corrected chi connectivity index (χ1v) is 7.04. The van der Waals surface area contributed by atoms with E-state index in [0.717, 1.165) is 4.47 Å². The Morgan fingerprint density at radius 3 is 2.90 bits per heavy atom. The first-order valence-electron chi connectivity index (χ1n) is 6.25. The number of methoxy groups -OCH3 is 1. The monoisotopic (exact) mass is 337 g/mol. The predicted molar refractivity (Wildman–Crippen MR) is 79.4 cm³/mol. The Kier molecular flexibility index (Phi) is 4.98. The van der Waals surface area contributed by atoms with Crippen molar-refractivity contribution >= 4 is 21.9 Å². The van der Waals surface area contributed by atoms with Crippen molar-refractivity contribution in [1.82, 2.24) is 5.32 Å². The van der Waals surface area contributed by atoms with E-state index in [9.17, 15) is 4.79 Å². The standard InChI is InChI=1S/C15H16BrNO3/c1-10(13-5-3-4-6-14(13)16)17-8-12-7-11(9-20-12)15(18)19-2/h3-7,9-10,17H,8H2,1-2H3/t10-/m0/s1.